The first-order chi connectivity index (χ1) is 11.6. The Morgan fingerprint density at radius 1 is 1.29 bits per heavy atom. The van der Waals surface area contributed by atoms with Crippen LogP contribution in [0.2, 0.25) is 0 Å². The molecule has 1 amide bonds. The number of hydrogen-bond donors (Lipinski definition) is 1. The largest absolute Gasteiger partial charge is 0.496 e. The van der Waals surface area contributed by atoms with E-state index in [2.05, 4.69) is 28.2 Å². The standard InChI is InChI=1S/C19H25BrN2O2/c1-3-4-5-6-7-8-11-22-19(23)16(14-21)12-15-13-17(20)9-10-18(15)24-2/h9-10,12-13H,3-8,11H2,1-2H3,(H,22,23). The number of carbonyl (C=O) groups excluding carboxylic acids is 1. The molecule has 0 aliphatic rings. The summed E-state index contributed by atoms with van der Waals surface area (Å²) in [5.74, 6) is 0.280. The van der Waals surface area contributed by atoms with Crippen molar-refractivity contribution >= 4 is 27.9 Å². The molecule has 0 unspecified atom stereocenters. The molecule has 0 aliphatic carbocycles. The van der Waals surface area contributed by atoms with Crippen LogP contribution in [0.3, 0.4) is 0 Å². The lowest BCUT2D eigenvalue weighted by Crippen LogP contribution is -2.25. The molecule has 0 aromatic heterocycles. The minimum atomic E-state index is -0.340. The Balaban J connectivity index is 2.58. The molecule has 0 heterocycles. The molecule has 1 aromatic rings. The van der Waals surface area contributed by atoms with E-state index in [1.54, 1.807) is 19.3 Å². The summed E-state index contributed by atoms with van der Waals surface area (Å²) in [5.41, 5.74) is 0.774. The molecule has 0 fully saturated rings. The summed E-state index contributed by atoms with van der Waals surface area (Å²) in [6.07, 6.45) is 8.53. The number of nitrogens with zero attached hydrogens (tertiary/aromatic N) is 1. The summed E-state index contributed by atoms with van der Waals surface area (Å²) in [6.45, 7) is 2.79. The first-order valence-electron chi connectivity index (χ1n) is 8.36. The number of carbonyl (C=O) groups is 1. The second kappa shape index (κ2) is 11.7. The Hall–Kier alpha value is -1.80. The van der Waals surface area contributed by atoms with E-state index < -0.39 is 0 Å². The highest BCUT2D eigenvalue weighted by atomic mass is 79.9. The fraction of sp³-hybridized carbons (Fsp3) is 0.474. The minimum Gasteiger partial charge on any atom is -0.496 e. The molecule has 0 bridgehead atoms. The predicted molar refractivity (Wildman–Crippen MR) is 101 cm³/mol. The summed E-state index contributed by atoms with van der Waals surface area (Å²) < 4.78 is 6.12. The highest BCUT2D eigenvalue weighted by molar-refractivity contribution is 9.10. The topological polar surface area (TPSA) is 62.1 Å². The fourth-order valence-corrected chi connectivity index (χ4v) is 2.70. The first kappa shape index (κ1) is 20.2. The van der Waals surface area contributed by atoms with E-state index >= 15 is 0 Å². The average Bonchev–Trinajstić information content (AvgIpc) is 2.58. The van der Waals surface area contributed by atoms with Gasteiger partial charge in [-0.1, -0.05) is 55.0 Å². The average molecular weight is 393 g/mol. The molecule has 1 aromatic carbocycles. The summed E-state index contributed by atoms with van der Waals surface area (Å²) in [4.78, 5) is 12.1. The fourth-order valence-electron chi connectivity index (χ4n) is 2.32. The van der Waals surface area contributed by atoms with Crippen LogP contribution < -0.4 is 10.1 Å². The molecule has 0 aliphatic heterocycles. The van der Waals surface area contributed by atoms with Crippen LogP contribution in [0.1, 0.15) is 51.0 Å². The SMILES string of the molecule is CCCCCCCCNC(=O)C(C#N)=Cc1cc(Br)ccc1OC. The van der Waals surface area contributed by atoms with Crippen molar-refractivity contribution in [1.29, 1.82) is 5.26 Å². The van der Waals surface area contributed by atoms with Gasteiger partial charge in [0.1, 0.15) is 17.4 Å². The quantitative estimate of drug-likeness (QED) is 0.351. The molecule has 24 heavy (non-hydrogen) atoms. The van der Waals surface area contributed by atoms with Gasteiger partial charge in [-0.05, 0) is 30.7 Å². The number of ether oxygens (including phenoxy) is 1. The van der Waals surface area contributed by atoms with Crippen LogP contribution in [0.15, 0.2) is 28.2 Å². The monoisotopic (exact) mass is 392 g/mol. The van der Waals surface area contributed by atoms with Crippen molar-refractivity contribution in [3.05, 3.63) is 33.8 Å². The van der Waals surface area contributed by atoms with E-state index in [0.29, 0.717) is 17.9 Å². The zero-order valence-corrected chi connectivity index (χ0v) is 16.0. The Labute approximate surface area is 153 Å². The molecular weight excluding hydrogens is 368 g/mol. The van der Waals surface area contributed by atoms with E-state index in [1.807, 2.05) is 18.2 Å². The van der Waals surface area contributed by atoms with E-state index in [1.165, 1.54) is 25.7 Å². The van der Waals surface area contributed by atoms with Gasteiger partial charge < -0.3 is 10.1 Å². The number of benzene rings is 1. The number of unbranched alkanes of at least 4 members (excludes halogenated alkanes) is 5. The molecule has 0 saturated heterocycles. The number of halogens is 1. The molecule has 130 valence electrons. The van der Waals surface area contributed by atoms with Crippen LogP contribution >= 0.6 is 15.9 Å². The van der Waals surface area contributed by atoms with Crippen LogP contribution in [0.4, 0.5) is 0 Å². The van der Waals surface area contributed by atoms with Crippen molar-refractivity contribution in [2.24, 2.45) is 0 Å². The van der Waals surface area contributed by atoms with Gasteiger partial charge in [-0.25, -0.2) is 0 Å². The van der Waals surface area contributed by atoms with Crippen LogP contribution in [0, 0.1) is 11.3 Å². The van der Waals surface area contributed by atoms with Crippen LogP contribution in [0.5, 0.6) is 5.75 Å². The van der Waals surface area contributed by atoms with Crippen molar-refractivity contribution in [2.75, 3.05) is 13.7 Å². The molecule has 0 spiro atoms. The lowest BCUT2D eigenvalue weighted by molar-refractivity contribution is -0.117. The van der Waals surface area contributed by atoms with Crippen LogP contribution in [0.25, 0.3) is 6.08 Å². The number of nitriles is 1. The van der Waals surface area contributed by atoms with Gasteiger partial charge in [-0.2, -0.15) is 5.26 Å². The van der Waals surface area contributed by atoms with Crippen molar-refractivity contribution < 1.29 is 9.53 Å². The zero-order valence-electron chi connectivity index (χ0n) is 14.4. The Bertz CT molecular complexity index is 606. The normalized spacial score (nSPS) is 11.0. The smallest absolute Gasteiger partial charge is 0.261 e. The Kier molecular flexibility index (Phi) is 9.86. The third kappa shape index (κ3) is 7.18. The van der Waals surface area contributed by atoms with Crippen molar-refractivity contribution in [3.63, 3.8) is 0 Å². The summed E-state index contributed by atoms with van der Waals surface area (Å²) >= 11 is 3.38. The maximum absolute atomic E-state index is 12.1. The number of hydrogen-bond acceptors (Lipinski definition) is 3. The molecule has 5 heteroatoms. The van der Waals surface area contributed by atoms with Gasteiger partial charge in [0, 0.05) is 16.6 Å². The summed E-state index contributed by atoms with van der Waals surface area (Å²) in [7, 11) is 1.56. The summed E-state index contributed by atoms with van der Waals surface area (Å²) in [6, 6.07) is 7.42. The molecule has 4 nitrogen and oxygen atoms in total. The maximum Gasteiger partial charge on any atom is 0.261 e. The maximum atomic E-state index is 12.1. The zero-order chi connectivity index (χ0) is 17.8. The van der Waals surface area contributed by atoms with E-state index in [4.69, 9.17) is 4.74 Å². The van der Waals surface area contributed by atoms with Gasteiger partial charge in [0.2, 0.25) is 0 Å². The lowest BCUT2D eigenvalue weighted by atomic mass is 10.1. The lowest BCUT2D eigenvalue weighted by Gasteiger charge is -2.07. The van der Waals surface area contributed by atoms with Gasteiger partial charge in [-0.3, -0.25) is 4.79 Å². The Morgan fingerprint density at radius 3 is 2.67 bits per heavy atom. The van der Waals surface area contributed by atoms with Gasteiger partial charge in [0.05, 0.1) is 7.11 Å². The molecular formula is C19H25BrN2O2. The molecule has 1 N–H and O–H groups in total. The minimum absolute atomic E-state index is 0.0809. The van der Waals surface area contributed by atoms with Crippen LogP contribution in [-0.2, 0) is 4.79 Å². The number of nitrogens with one attached hydrogen (secondary N) is 1. The van der Waals surface area contributed by atoms with Crippen LogP contribution in [-0.4, -0.2) is 19.6 Å². The molecule has 0 saturated carbocycles. The number of amides is 1. The van der Waals surface area contributed by atoms with Gasteiger partial charge in [-0.15, -0.1) is 0 Å². The van der Waals surface area contributed by atoms with Gasteiger partial charge >= 0.3 is 0 Å². The summed E-state index contributed by atoms with van der Waals surface area (Å²) in [5, 5.41) is 12.1. The van der Waals surface area contributed by atoms with Gasteiger partial charge in [0.15, 0.2) is 0 Å². The van der Waals surface area contributed by atoms with Crippen molar-refractivity contribution in [1.82, 2.24) is 5.32 Å². The van der Waals surface area contributed by atoms with Crippen molar-refractivity contribution in [3.8, 4) is 11.8 Å². The number of rotatable bonds is 10. The van der Waals surface area contributed by atoms with E-state index in [9.17, 15) is 10.1 Å². The first-order valence-corrected chi connectivity index (χ1v) is 9.15. The molecule has 1 rings (SSSR count). The second-order valence-corrected chi connectivity index (χ2v) is 6.50. The third-order valence-electron chi connectivity index (χ3n) is 3.67. The van der Waals surface area contributed by atoms with Gasteiger partial charge in [0.25, 0.3) is 5.91 Å². The highest BCUT2D eigenvalue weighted by Crippen LogP contribution is 2.25. The third-order valence-corrected chi connectivity index (χ3v) is 4.17. The number of methoxy groups -OCH3 is 1. The predicted octanol–water partition coefficient (Wildman–Crippen LogP) is 4.84. The molecule has 0 radical (unpaired) electrons. The Morgan fingerprint density at radius 2 is 2.00 bits per heavy atom. The molecule has 0 atom stereocenters. The second-order valence-electron chi connectivity index (χ2n) is 5.58. The van der Waals surface area contributed by atoms with E-state index in [0.717, 1.165) is 17.3 Å². The van der Waals surface area contributed by atoms with Crippen molar-refractivity contribution in [2.45, 2.75) is 45.4 Å². The highest BCUT2D eigenvalue weighted by Gasteiger charge is 2.10. The van der Waals surface area contributed by atoms with E-state index in [-0.39, 0.29) is 11.5 Å².